The number of pyridine rings is 2. The number of aromatic nitrogens is 4. The first-order chi connectivity index (χ1) is 22.5. The normalized spacial score (nSPS) is 18.9. The number of sulfonamides is 1. The lowest BCUT2D eigenvalue weighted by molar-refractivity contribution is -0.147. The Balaban J connectivity index is 1.46. The number of aliphatic carboxylic acids is 1. The molecule has 0 saturated carbocycles. The molecule has 0 aliphatic carbocycles. The van der Waals surface area contributed by atoms with E-state index in [9.17, 15) is 31.5 Å². The van der Waals surface area contributed by atoms with Gasteiger partial charge in [-0.3, -0.25) is 9.20 Å². The molecular weight excluding hydrogens is 647 g/mol. The molecule has 2 aliphatic rings. The van der Waals surface area contributed by atoms with Crippen LogP contribution in [0, 0.1) is 25.8 Å². The molecule has 1 fully saturated rings. The number of rotatable bonds is 6. The number of alkyl halides is 3. The molecule has 252 valence electrons. The van der Waals surface area contributed by atoms with Gasteiger partial charge >= 0.3 is 12.1 Å². The van der Waals surface area contributed by atoms with Crippen LogP contribution in [0.1, 0.15) is 72.7 Å². The second-order valence-corrected chi connectivity index (χ2v) is 14.9. The van der Waals surface area contributed by atoms with Gasteiger partial charge in [-0.15, -0.1) is 10.2 Å². The molecular formula is C33H34F3N7O4S. The molecule has 1 N–H and O–H groups in total. The molecule has 6 rings (SSSR count). The Labute approximate surface area is 275 Å². The van der Waals surface area contributed by atoms with E-state index >= 15 is 0 Å². The van der Waals surface area contributed by atoms with E-state index in [2.05, 4.69) is 20.0 Å². The topological polar surface area (TPSA) is 125 Å². The minimum Gasteiger partial charge on any atom is -0.481 e. The first-order valence-corrected chi connectivity index (χ1v) is 16.9. The molecule has 15 heteroatoms. The highest BCUT2D eigenvalue weighted by Gasteiger charge is 2.43. The summed E-state index contributed by atoms with van der Waals surface area (Å²) in [5, 5.41) is 17.5. The Morgan fingerprint density at radius 3 is 2.58 bits per heavy atom. The van der Waals surface area contributed by atoms with Gasteiger partial charge in [-0.05, 0) is 86.9 Å². The number of carboxylic acids is 1. The molecule has 3 aromatic heterocycles. The fourth-order valence-corrected chi connectivity index (χ4v) is 8.55. The Morgan fingerprint density at radius 1 is 1.15 bits per heavy atom. The van der Waals surface area contributed by atoms with Crippen LogP contribution in [-0.4, -0.2) is 62.5 Å². The van der Waals surface area contributed by atoms with E-state index in [0.717, 1.165) is 29.2 Å². The average Bonchev–Trinajstić information content (AvgIpc) is 3.46. The van der Waals surface area contributed by atoms with Crippen LogP contribution in [-0.2, 0) is 27.5 Å². The van der Waals surface area contributed by atoms with Crippen LogP contribution in [0.3, 0.4) is 0 Å². The zero-order valence-electron chi connectivity index (χ0n) is 26.8. The number of hydrogen-bond acceptors (Lipinski definition) is 7. The molecule has 0 bridgehead atoms. The summed E-state index contributed by atoms with van der Waals surface area (Å²) in [6.07, 6.45) is 0.445. The fraction of sp³-hybridized carbons (Fsp3) is 0.424. The van der Waals surface area contributed by atoms with Crippen LogP contribution in [0.2, 0.25) is 0 Å². The van der Waals surface area contributed by atoms with Gasteiger partial charge in [0, 0.05) is 44.0 Å². The molecule has 11 nitrogen and oxygen atoms in total. The van der Waals surface area contributed by atoms with Crippen LogP contribution >= 0.6 is 0 Å². The summed E-state index contributed by atoms with van der Waals surface area (Å²) in [4.78, 5) is 22.6. The quantitative estimate of drug-likeness (QED) is 0.242. The highest BCUT2D eigenvalue weighted by atomic mass is 32.2. The maximum atomic E-state index is 14.3. The van der Waals surface area contributed by atoms with Gasteiger partial charge < -0.3 is 10.0 Å². The number of nitrogens with zero attached hydrogens (tertiary/aromatic N) is 7. The Hall–Kier alpha value is -4.55. The number of hydrogen-bond donors (Lipinski definition) is 1. The molecule has 1 aromatic carbocycles. The van der Waals surface area contributed by atoms with Crippen molar-refractivity contribution in [2.24, 2.45) is 5.41 Å². The third kappa shape index (κ3) is 5.56. The van der Waals surface area contributed by atoms with Gasteiger partial charge in [0.2, 0.25) is 21.5 Å². The minimum absolute atomic E-state index is 0.0189. The van der Waals surface area contributed by atoms with Crippen molar-refractivity contribution in [2.75, 3.05) is 18.0 Å². The molecule has 4 aromatic rings. The molecule has 0 unspecified atom stereocenters. The van der Waals surface area contributed by atoms with Crippen LogP contribution < -0.4 is 4.90 Å². The van der Waals surface area contributed by atoms with E-state index < -0.39 is 39.3 Å². The van der Waals surface area contributed by atoms with E-state index in [0.29, 0.717) is 34.6 Å². The third-order valence-electron chi connectivity index (χ3n) is 9.64. The van der Waals surface area contributed by atoms with Crippen molar-refractivity contribution in [3.8, 4) is 0 Å². The SMILES string of the molecule is [C-]#[N+]c1cnc2c(c1)S(=O)(=O)N(Cc1cc([C@@H](c3ccn4c(C(F)(F)F)nnc4c3C)C(C)(C)C(=O)O)ccc1C)C[C@H]1CCCCN21. The van der Waals surface area contributed by atoms with Crippen molar-refractivity contribution in [3.63, 3.8) is 0 Å². The summed E-state index contributed by atoms with van der Waals surface area (Å²) >= 11 is 0. The van der Waals surface area contributed by atoms with Gasteiger partial charge in [-0.25, -0.2) is 18.2 Å². The summed E-state index contributed by atoms with van der Waals surface area (Å²) < 4.78 is 71.6. The molecule has 0 spiro atoms. The lowest BCUT2D eigenvalue weighted by atomic mass is 9.70. The van der Waals surface area contributed by atoms with Gasteiger partial charge in [0.15, 0.2) is 5.65 Å². The highest BCUT2D eigenvalue weighted by molar-refractivity contribution is 7.89. The van der Waals surface area contributed by atoms with E-state index in [1.165, 1.54) is 28.8 Å². The van der Waals surface area contributed by atoms with Crippen molar-refractivity contribution in [1.29, 1.82) is 0 Å². The average molecular weight is 682 g/mol. The first-order valence-electron chi connectivity index (χ1n) is 15.4. The zero-order chi connectivity index (χ0) is 34.8. The summed E-state index contributed by atoms with van der Waals surface area (Å²) in [5.74, 6) is -2.82. The number of aryl methyl sites for hydroxylation is 2. The van der Waals surface area contributed by atoms with E-state index in [4.69, 9.17) is 6.57 Å². The van der Waals surface area contributed by atoms with Crippen LogP contribution in [0.5, 0.6) is 0 Å². The first kappa shape index (κ1) is 33.4. The molecule has 0 amide bonds. The number of halogens is 3. The Morgan fingerprint density at radius 2 is 1.90 bits per heavy atom. The zero-order valence-corrected chi connectivity index (χ0v) is 27.6. The van der Waals surface area contributed by atoms with Gasteiger partial charge in [0.1, 0.15) is 10.7 Å². The summed E-state index contributed by atoms with van der Waals surface area (Å²) in [7, 11) is -4.11. The highest BCUT2D eigenvalue weighted by Crippen LogP contribution is 2.44. The van der Waals surface area contributed by atoms with Crippen molar-refractivity contribution in [1.82, 2.24) is 23.9 Å². The third-order valence-corrected chi connectivity index (χ3v) is 11.5. The van der Waals surface area contributed by atoms with Crippen LogP contribution in [0.15, 0.2) is 47.6 Å². The number of benzene rings is 1. The Kier molecular flexibility index (Phi) is 8.23. The standard InChI is InChI=1S/C33H34F3N7O4S/c1-19-9-10-21(27(32(3,4)31(44)45)25-11-13-43-28(20(25)2)39-40-30(43)33(34,35)36)14-22(19)17-41-18-24-8-6-7-12-42(24)29-26(48(41,46)47)15-23(37-5)16-38-29/h9-11,13-16,24,27H,6-8,12,17-18H2,1-4H3,(H,44,45)/t24-,27+/m1/s1. The molecule has 0 radical (unpaired) electrons. The van der Waals surface area contributed by atoms with Crippen molar-refractivity contribution in [2.45, 2.75) is 76.5 Å². The smallest absolute Gasteiger partial charge is 0.452 e. The van der Waals surface area contributed by atoms with E-state index in [1.54, 1.807) is 39.0 Å². The maximum absolute atomic E-state index is 14.3. The predicted molar refractivity (Wildman–Crippen MR) is 170 cm³/mol. The van der Waals surface area contributed by atoms with Crippen molar-refractivity contribution < 1.29 is 31.5 Å². The number of piperidine rings is 1. The minimum atomic E-state index is -4.74. The van der Waals surface area contributed by atoms with Crippen molar-refractivity contribution in [3.05, 3.63) is 87.8 Å². The predicted octanol–water partition coefficient (Wildman–Crippen LogP) is 6.12. The fourth-order valence-electron chi connectivity index (χ4n) is 6.93. The van der Waals surface area contributed by atoms with Crippen LogP contribution in [0.25, 0.3) is 10.5 Å². The van der Waals surface area contributed by atoms with Gasteiger partial charge in [-0.1, -0.05) is 18.2 Å². The Bertz CT molecular complexity index is 2090. The summed E-state index contributed by atoms with van der Waals surface area (Å²) in [6, 6.07) is 8.06. The number of anilines is 1. The second-order valence-electron chi connectivity index (χ2n) is 13.0. The van der Waals surface area contributed by atoms with Crippen LogP contribution in [0.4, 0.5) is 24.7 Å². The van der Waals surface area contributed by atoms with E-state index in [1.807, 2.05) is 11.8 Å². The molecule has 2 atom stereocenters. The number of carboxylic acid groups (broad SMARTS) is 1. The molecule has 1 saturated heterocycles. The van der Waals surface area contributed by atoms with Gasteiger partial charge in [0.25, 0.3) is 0 Å². The largest absolute Gasteiger partial charge is 0.481 e. The number of fused-ring (bicyclic) bond motifs is 4. The summed E-state index contributed by atoms with van der Waals surface area (Å²) in [6.45, 7) is 14.8. The van der Waals surface area contributed by atoms with Crippen molar-refractivity contribution >= 4 is 33.1 Å². The molecule has 2 aliphatic heterocycles. The monoisotopic (exact) mass is 681 g/mol. The lowest BCUT2D eigenvalue weighted by Crippen LogP contribution is -2.45. The molecule has 48 heavy (non-hydrogen) atoms. The maximum Gasteiger partial charge on any atom is 0.452 e. The number of carbonyl (C=O) groups is 1. The summed E-state index contributed by atoms with van der Waals surface area (Å²) in [5.41, 5.74) is 1.40. The van der Waals surface area contributed by atoms with E-state index in [-0.39, 0.29) is 35.4 Å². The van der Waals surface area contributed by atoms with Gasteiger partial charge in [0.05, 0.1) is 12.0 Å². The molecule has 5 heterocycles. The second kappa shape index (κ2) is 11.9. The lowest BCUT2D eigenvalue weighted by Gasteiger charge is -2.36. The van der Waals surface area contributed by atoms with Gasteiger partial charge in [-0.2, -0.15) is 17.5 Å².